The minimum Gasteiger partial charge on any atom is -0.383 e. The molecule has 0 saturated carbocycles. The summed E-state index contributed by atoms with van der Waals surface area (Å²) in [5, 5.41) is 1.77. The first-order chi connectivity index (χ1) is 8.15. The van der Waals surface area contributed by atoms with Crippen LogP contribution in [0.4, 0.5) is 14.6 Å². The van der Waals surface area contributed by atoms with E-state index in [-0.39, 0.29) is 11.6 Å². The number of rotatable bonds is 0. The predicted octanol–water partition coefficient (Wildman–Crippen LogP) is 3.25. The number of nitrogen functional groups attached to an aromatic ring is 1. The van der Waals surface area contributed by atoms with Gasteiger partial charge in [0.2, 0.25) is 0 Å². The van der Waals surface area contributed by atoms with Gasteiger partial charge in [0.05, 0.1) is 5.52 Å². The molecule has 0 fully saturated rings. The number of hydrogen-bond donors (Lipinski definition) is 1. The molecule has 84 valence electrons. The molecular formula is C13H8F2N2. The Kier molecular flexibility index (Phi) is 1.98. The Morgan fingerprint density at radius 1 is 0.824 bits per heavy atom. The number of aromatic nitrogens is 1. The van der Waals surface area contributed by atoms with E-state index in [0.29, 0.717) is 27.5 Å². The van der Waals surface area contributed by atoms with Crippen molar-refractivity contribution in [2.24, 2.45) is 0 Å². The van der Waals surface area contributed by atoms with Crippen LogP contribution in [0.5, 0.6) is 0 Å². The van der Waals surface area contributed by atoms with E-state index in [1.807, 2.05) is 0 Å². The van der Waals surface area contributed by atoms with Crippen molar-refractivity contribution in [1.82, 2.24) is 4.98 Å². The summed E-state index contributed by atoms with van der Waals surface area (Å²) in [6.07, 6.45) is 0. The summed E-state index contributed by atoms with van der Waals surface area (Å²) in [4.78, 5) is 4.16. The van der Waals surface area contributed by atoms with Gasteiger partial charge in [-0.2, -0.15) is 0 Å². The van der Waals surface area contributed by atoms with Gasteiger partial charge in [0.25, 0.3) is 0 Å². The summed E-state index contributed by atoms with van der Waals surface area (Å²) >= 11 is 0. The number of anilines is 1. The van der Waals surface area contributed by atoms with Gasteiger partial charge in [-0.05, 0) is 41.8 Å². The fourth-order valence-electron chi connectivity index (χ4n) is 1.97. The molecule has 17 heavy (non-hydrogen) atoms. The largest absolute Gasteiger partial charge is 0.383 e. The maximum Gasteiger partial charge on any atom is 0.132 e. The van der Waals surface area contributed by atoms with Crippen molar-refractivity contribution in [1.29, 1.82) is 0 Å². The zero-order valence-electron chi connectivity index (χ0n) is 8.74. The molecule has 3 rings (SSSR count). The van der Waals surface area contributed by atoms with Crippen molar-refractivity contribution in [3.8, 4) is 0 Å². The minimum absolute atomic E-state index is 0.319. The third-order valence-electron chi connectivity index (χ3n) is 2.75. The topological polar surface area (TPSA) is 38.9 Å². The van der Waals surface area contributed by atoms with Crippen LogP contribution in [-0.4, -0.2) is 4.98 Å². The van der Waals surface area contributed by atoms with E-state index in [1.54, 1.807) is 6.07 Å². The van der Waals surface area contributed by atoms with Gasteiger partial charge in [-0.3, -0.25) is 0 Å². The second kappa shape index (κ2) is 3.38. The molecule has 0 aliphatic heterocycles. The first-order valence-electron chi connectivity index (χ1n) is 5.09. The molecule has 0 atom stereocenters. The number of benzene rings is 2. The van der Waals surface area contributed by atoms with Gasteiger partial charge in [0.1, 0.15) is 17.5 Å². The van der Waals surface area contributed by atoms with E-state index in [1.165, 1.54) is 30.3 Å². The van der Waals surface area contributed by atoms with Crippen molar-refractivity contribution in [3.63, 3.8) is 0 Å². The van der Waals surface area contributed by atoms with E-state index in [2.05, 4.69) is 4.98 Å². The van der Waals surface area contributed by atoms with Gasteiger partial charge in [-0.25, -0.2) is 13.8 Å². The van der Waals surface area contributed by atoms with Crippen molar-refractivity contribution in [2.75, 3.05) is 5.73 Å². The molecule has 0 saturated heterocycles. The van der Waals surface area contributed by atoms with Gasteiger partial charge in [0.15, 0.2) is 0 Å². The van der Waals surface area contributed by atoms with Gasteiger partial charge in [-0.15, -0.1) is 0 Å². The van der Waals surface area contributed by atoms with Crippen LogP contribution in [0.3, 0.4) is 0 Å². The first-order valence-corrected chi connectivity index (χ1v) is 5.09. The monoisotopic (exact) mass is 230 g/mol. The molecule has 0 aliphatic carbocycles. The molecule has 0 spiro atoms. The molecule has 0 amide bonds. The highest BCUT2D eigenvalue weighted by molar-refractivity contribution is 6.09. The van der Waals surface area contributed by atoms with Gasteiger partial charge in [0, 0.05) is 10.8 Å². The highest BCUT2D eigenvalue weighted by atomic mass is 19.1. The second-order valence-corrected chi connectivity index (χ2v) is 3.85. The Bertz CT molecular complexity index is 738. The highest BCUT2D eigenvalue weighted by Crippen LogP contribution is 2.28. The molecule has 2 N–H and O–H groups in total. The summed E-state index contributed by atoms with van der Waals surface area (Å²) in [7, 11) is 0. The average Bonchev–Trinajstić information content (AvgIpc) is 2.30. The zero-order valence-corrected chi connectivity index (χ0v) is 8.74. The molecule has 0 aliphatic rings. The molecule has 2 nitrogen and oxygen atoms in total. The SMILES string of the molecule is Nc1nc2ccc(F)cc2c2cc(F)ccc12. The maximum absolute atomic E-state index is 13.2. The fourth-order valence-corrected chi connectivity index (χ4v) is 1.97. The predicted molar refractivity (Wildman–Crippen MR) is 63.6 cm³/mol. The summed E-state index contributed by atoms with van der Waals surface area (Å²) in [6, 6.07) is 8.38. The normalized spacial score (nSPS) is 11.2. The van der Waals surface area contributed by atoms with Crippen molar-refractivity contribution >= 4 is 27.5 Å². The number of nitrogens with two attached hydrogens (primary N) is 1. The Morgan fingerprint density at radius 2 is 1.47 bits per heavy atom. The molecule has 1 aromatic heterocycles. The Morgan fingerprint density at radius 3 is 2.24 bits per heavy atom. The number of halogens is 2. The molecule has 1 heterocycles. The van der Waals surface area contributed by atoms with Gasteiger partial charge >= 0.3 is 0 Å². The lowest BCUT2D eigenvalue weighted by atomic mass is 10.1. The average molecular weight is 230 g/mol. The van der Waals surface area contributed by atoms with Crippen LogP contribution in [0.2, 0.25) is 0 Å². The Balaban J connectivity index is 2.59. The number of nitrogens with zero attached hydrogens (tertiary/aromatic N) is 1. The van der Waals surface area contributed by atoms with Crippen LogP contribution in [-0.2, 0) is 0 Å². The zero-order chi connectivity index (χ0) is 12.0. The third-order valence-corrected chi connectivity index (χ3v) is 2.75. The summed E-state index contributed by atoms with van der Waals surface area (Å²) in [5.41, 5.74) is 6.34. The van der Waals surface area contributed by atoms with Crippen LogP contribution in [0, 0.1) is 11.6 Å². The van der Waals surface area contributed by atoms with E-state index >= 15 is 0 Å². The minimum atomic E-state index is -0.381. The number of hydrogen-bond acceptors (Lipinski definition) is 2. The number of pyridine rings is 1. The second-order valence-electron chi connectivity index (χ2n) is 3.85. The lowest BCUT2D eigenvalue weighted by Crippen LogP contribution is -1.94. The van der Waals surface area contributed by atoms with Crippen LogP contribution in [0.25, 0.3) is 21.7 Å². The summed E-state index contributed by atoms with van der Waals surface area (Å²) in [5.74, 6) is -0.442. The third kappa shape index (κ3) is 1.49. The smallest absolute Gasteiger partial charge is 0.132 e. The van der Waals surface area contributed by atoms with Crippen LogP contribution >= 0.6 is 0 Å². The quantitative estimate of drug-likeness (QED) is 0.602. The van der Waals surface area contributed by atoms with E-state index in [0.717, 1.165) is 0 Å². The van der Waals surface area contributed by atoms with Crippen molar-refractivity contribution in [3.05, 3.63) is 48.0 Å². The summed E-state index contributed by atoms with van der Waals surface area (Å²) < 4.78 is 26.5. The van der Waals surface area contributed by atoms with Crippen LogP contribution in [0.1, 0.15) is 0 Å². The molecular weight excluding hydrogens is 222 g/mol. The van der Waals surface area contributed by atoms with Crippen LogP contribution < -0.4 is 5.73 Å². The molecule has 2 aromatic carbocycles. The van der Waals surface area contributed by atoms with Gasteiger partial charge in [-0.1, -0.05) is 0 Å². The highest BCUT2D eigenvalue weighted by Gasteiger charge is 2.07. The molecule has 4 heteroatoms. The van der Waals surface area contributed by atoms with Crippen LogP contribution in [0.15, 0.2) is 36.4 Å². The molecule has 3 aromatic rings. The first kappa shape index (κ1) is 9.96. The van der Waals surface area contributed by atoms with Gasteiger partial charge < -0.3 is 5.73 Å². The van der Waals surface area contributed by atoms with E-state index in [9.17, 15) is 8.78 Å². The molecule has 0 radical (unpaired) electrons. The molecule has 0 unspecified atom stereocenters. The lowest BCUT2D eigenvalue weighted by molar-refractivity contribution is 0.628. The van der Waals surface area contributed by atoms with E-state index in [4.69, 9.17) is 5.73 Å². The maximum atomic E-state index is 13.2. The molecule has 0 bridgehead atoms. The fraction of sp³-hybridized carbons (Fsp3) is 0. The van der Waals surface area contributed by atoms with E-state index < -0.39 is 0 Å². The number of fused-ring (bicyclic) bond motifs is 3. The summed E-state index contributed by atoms with van der Waals surface area (Å²) in [6.45, 7) is 0. The Hall–Kier alpha value is -2.23. The van der Waals surface area contributed by atoms with Crippen molar-refractivity contribution in [2.45, 2.75) is 0 Å². The Labute approximate surface area is 95.7 Å². The van der Waals surface area contributed by atoms with Crippen molar-refractivity contribution < 1.29 is 8.78 Å². The lowest BCUT2D eigenvalue weighted by Gasteiger charge is -2.06. The standard InChI is InChI=1S/C13H8F2N2/c14-7-1-3-9-10(5-7)11-6-8(15)2-4-12(11)17-13(9)16/h1-6H,(H2,16,17).